The third-order valence-corrected chi connectivity index (χ3v) is 1.82. The van der Waals surface area contributed by atoms with Crippen LogP contribution in [0.3, 0.4) is 0 Å². The van der Waals surface area contributed by atoms with E-state index in [1.54, 1.807) is 14.0 Å². The van der Waals surface area contributed by atoms with E-state index in [2.05, 4.69) is 5.32 Å². The first kappa shape index (κ1) is 12.4. The van der Waals surface area contributed by atoms with Gasteiger partial charge in [-0.1, -0.05) is 0 Å². The van der Waals surface area contributed by atoms with Crippen LogP contribution in [-0.2, 0) is 9.53 Å². The molecule has 1 atom stereocenters. The van der Waals surface area contributed by atoms with Crippen LogP contribution in [0, 0.1) is 0 Å². The standard InChI is InChI=1S/C9H19NO3/c1-7(6-11)10-8(12)5-9(2,3)13-4/h7,11H,5-6H2,1-4H3,(H,10,12). The van der Waals surface area contributed by atoms with Crippen molar-refractivity contribution in [2.45, 2.75) is 38.8 Å². The number of hydrogen-bond acceptors (Lipinski definition) is 3. The topological polar surface area (TPSA) is 58.6 Å². The lowest BCUT2D eigenvalue weighted by atomic mass is 10.0. The van der Waals surface area contributed by atoms with Gasteiger partial charge in [-0.25, -0.2) is 0 Å². The highest BCUT2D eigenvalue weighted by molar-refractivity contribution is 5.77. The van der Waals surface area contributed by atoms with Crippen LogP contribution < -0.4 is 5.32 Å². The Kier molecular flexibility index (Phi) is 4.95. The first-order valence-corrected chi connectivity index (χ1v) is 4.36. The number of aliphatic hydroxyl groups excluding tert-OH is 1. The van der Waals surface area contributed by atoms with Gasteiger partial charge in [0.15, 0.2) is 0 Å². The Morgan fingerprint density at radius 3 is 2.54 bits per heavy atom. The summed E-state index contributed by atoms with van der Waals surface area (Å²) in [6.45, 7) is 5.39. The SMILES string of the molecule is COC(C)(C)CC(=O)NC(C)CO. The molecule has 0 fully saturated rings. The van der Waals surface area contributed by atoms with Gasteiger partial charge in [0.25, 0.3) is 0 Å². The molecule has 13 heavy (non-hydrogen) atoms. The van der Waals surface area contributed by atoms with Gasteiger partial charge in [0.2, 0.25) is 5.91 Å². The molecule has 0 aromatic carbocycles. The summed E-state index contributed by atoms with van der Waals surface area (Å²) >= 11 is 0. The van der Waals surface area contributed by atoms with Gasteiger partial charge in [-0.15, -0.1) is 0 Å². The number of hydrogen-bond donors (Lipinski definition) is 2. The maximum Gasteiger partial charge on any atom is 0.223 e. The van der Waals surface area contributed by atoms with Crippen molar-refractivity contribution in [3.05, 3.63) is 0 Å². The summed E-state index contributed by atoms with van der Waals surface area (Å²) in [4.78, 5) is 11.3. The Hall–Kier alpha value is -0.610. The summed E-state index contributed by atoms with van der Waals surface area (Å²) in [6.07, 6.45) is 0.299. The van der Waals surface area contributed by atoms with E-state index in [9.17, 15) is 4.79 Å². The van der Waals surface area contributed by atoms with Crippen molar-refractivity contribution in [3.8, 4) is 0 Å². The molecule has 0 saturated heterocycles. The predicted molar refractivity (Wildman–Crippen MR) is 50.4 cm³/mol. The van der Waals surface area contributed by atoms with E-state index >= 15 is 0 Å². The Morgan fingerprint density at radius 2 is 2.15 bits per heavy atom. The fourth-order valence-corrected chi connectivity index (χ4v) is 0.830. The van der Waals surface area contributed by atoms with Crippen LogP contribution in [0.4, 0.5) is 0 Å². The maximum atomic E-state index is 11.3. The number of nitrogens with one attached hydrogen (secondary N) is 1. The zero-order valence-electron chi connectivity index (χ0n) is 8.76. The molecular formula is C9H19NO3. The van der Waals surface area contributed by atoms with Crippen molar-refractivity contribution in [1.29, 1.82) is 0 Å². The van der Waals surface area contributed by atoms with E-state index < -0.39 is 5.60 Å². The molecular weight excluding hydrogens is 170 g/mol. The third kappa shape index (κ3) is 5.60. The van der Waals surface area contributed by atoms with E-state index in [0.717, 1.165) is 0 Å². The lowest BCUT2D eigenvalue weighted by molar-refractivity contribution is -0.127. The van der Waals surface area contributed by atoms with Crippen molar-refractivity contribution in [3.63, 3.8) is 0 Å². The number of methoxy groups -OCH3 is 1. The van der Waals surface area contributed by atoms with Gasteiger partial charge in [-0.05, 0) is 20.8 Å². The molecule has 0 aliphatic rings. The molecule has 0 rings (SSSR count). The highest BCUT2D eigenvalue weighted by Gasteiger charge is 2.21. The molecule has 1 amide bonds. The largest absolute Gasteiger partial charge is 0.394 e. The van der Waals surface area contributed by atoms with Crippen molar-refractivity contribution in [1.82, 2.24) is 5.32 Å². The van der Waals surface area contributed by atoms with Gasteiger partial charge >= 0.3 is 0 Å². The number of amides is 1. The fourth-order valence-electron chi connectivity index (χ4n) is 0.830. The van der Waals surface area contributed by atoms with Crippen molar-refractivity contribution in [2.75, 3.05) is 13.7 Å². The predicted octanol–water partition coefficient (Wildman–Crippen LogP) is 0.299. The molecule has 0 heterocycles. The van der Waals surface area contributed by atoms with Crippen LogP contribution >= 0.6 is 0 Å². The second kappa shape index (κ2) is 5.19. The molecule has 4 heteroatoms. The zero-order valence-corrected chi connectivity index (χ0v) is 8.76. The van der Waals surface area contributed by atoms with Crippen LogP contribution in [0.1, 0.15) is 27.2 Å². The first-order chi connectivity index (χ1) is 5.91. The van der Waals surface area contributed by atoms with Crippen LogP contribution in [0.15, 0.2) is 0 Å². The molecule has 0 aliphatic heterocycles. The number of aliphatic hydroxyl groups is 1. The van der Waals surface area contributed by atoms with Gasteiger partial charge in [0, 0.05) is 13.2 Å². The molecule has 0 spiro atoms. The molecule has 0 bridgehead atoms. The molecule has 2 N–H and O–H groups in total. The van der Waals surface area contributed by atoms with Gasteiger partial charge in [0.05, 0.1) is 18.6 Å². The molecule has 1 unspecified atom stereocenters. The Labute approximate surface area is 79.3 Å². The second-order valence-corrected chi connectivity index (χ2v) is 3.79. The monoisotopic (exact) mass is 189 g/mol. The zero-order chi connectivity index (χ0) is 10.5. The average molecular weight is 189 g/mol. The summed E-state index contributed by atoms with van der Waals surface area (Å²) in [5.74, 6) is -0.103. The first-order valence-electron chi connectivity index (χ1n) is 4.36. The molecule has 0 saturated carbocycles. The van der Waals surface area contributed by atoms with Gasteiger partial charge in [-0.3, -0.25) is 4.79 Å². The highest BCUT2D eigenvalue weighted by atomic mass is 16.5. The molecule has 0 radical (unpaired) electrons. The van der Waals surface area contributed by atoms with Crippen molar-refractivity contribution >= 4 is 5.91 Å². The lowest BCUT2D eigenvalue weighted by Crippen LogP contribution is -2.39. The minimum atomic E-state index is -0.445. The van der Waals surface area contributed by atoms with E-state index in [1.165, 1.54) is 0 Å². The lowest BCUT2D eigenvalue weighted by Gasteiger charge is -2.22. The van der Waals surface area contributed by atoms with Crippen LogP contribution in [-0.4, -0.2) is 36.4 Å². The summed E-state index contributed by atoms with van der Waals surface area (Å²) in [6, 6.07) is -0.194. The Balaban J connectivity index is 3.87. The van der Waals surface area contributed by atoms with E-state index in [0.29, 0.717) is 6.42 Å². The quantitative estimate of drug-likeness (QED) is 0.654. The maximum absolute atomic E-state index is 11.3. The smallest absolute Gasteiger partial charge is 0.223 e. The van der Waals surface area contributed by atoms with Gasteiger partial charge < -0.3 is 15.2 Å². The molecule has 4 nitrogen and oxygen atoms in total. The van der Waals surface area contributed by atoms with Crippen LogP contribution in [0.5, 0.6) is 0 Å². The van der Waals surface area contributed by atoms with Gasteiger partial charge in [0.1, 0.15) is 0 Å². The number of ether oxygens (including phenoxy) is 1. The Bertz CT molecular complexity index is 168. The normalized spacial score (nSPS) is 13.9. The van der Waals surface area contributed by atoms with E-state index in [4.69, 9.17) is 9.84 Å². The minimum Gasteiger partial charge on any atom is -0.394 e. The fraction of sp³-hybridized carbons (Fsp3) is 0.889. The molecule has 0 aliphatic carbocycles. The summed E-state index contributed by atoms with van der Waals surface area (Å²) in [5.41, 5.74) is -0.445. The summed E-state index contributed by atoms with van der Waals surface area (Å²) in [7, 11) is 1.57. The average Bonchev–Trinajstić information content (AvgIpc) is 2.03. The molecule has 78 valence electrons. The highest BCUT2D eigenvalue weighted by Crippen LogP contribution is 2.12. The van der Waals surface area contributed by atoms with Gasteiger partial charge in [-0.2, -0.15) is 0 Å². The number of carbonyl (C=O) groups excluding carboxylic acids is 1. The number of rotatable bonds is 5. The van der Waals surface area contributed by atoms with Crippen molar-refractivity contribution < 1.29 is 14.6 Å². The molecule has 0 aromatic heterocycles. The Morgan fingerprint density at radius 1 is 1.62 bits per heavy atom. The second-order valence-electron chi connectivity index (χ2n) is 3.79. The van der Waals surface area contributed by atoms with Crippen LogP contribution in [0.2, 0.25) is 0 Å². The number of carbonyl (C=O) groups is 1. The summed E-state index contributed by atoms with van der Waals surface area (Å²) < 4.78 is 5.10. The summed E-state index contributed by atoms with van der Waals surface area (Å²) in [5, 5.41) is 11.3. The molecule has 0 aromatic rings. The van der Waals surface area contributed by atoms with Crippen molar-refractivity contribution in [2.24, 2.45) is 0 Å². The van der Waals surface area contributed by atoms with Crippen LogP contribution in [0.25, 0.3) is 0 Å². The minimum absolute atomic E-state index is 0.0425. The van der Waals surface area contributed by atoms with E-state index in [-0.39, 0.29) is 18.6 Å². The van der Waals surface area contributed by atoms with E-state index in [1.807, 2.05) is 13.8 Å². The third-order valence-electron chi connectivity index (χ3n) is 1.82.